The molecule has 136 valence electrons. The van der Waals surface area contributed by atoms with Crippen LogP contribution in [0, 0.1) is 5.92 Å². The molecule has 1 aliphatic carbocycles. The molecule has 0 unspecified atom stereocenters. The normalized spacial score (nSPS) is 17.2. The second-order valence-electron chi connectivity index (χ2n) is 5.63. The van der Waals surface area contributed by atoms with E-state index in [2.05, 4.69) is 0 Å². The molecule has 1 saturated carbocycles. The van der Waals surface area contributed by atoms with E-state index in [0.29, 0.717) is 12.8 Å². The number of esters is 1. The molecule has 5 nitrogen and oxygen atoms in total. The molecule has 1 aliphatic rings. The number of hydrogen-bond acceptors (Lipinski definition) is 5. The summed E-state index contributed by atoms with van der Waals surface area (Å²) >= 11 is 0. The Morgan fingerprint density at radius 2 is 1.62 bits per heavy atom. The fraction of sp³-hybridized carbons (Fsp3) is 0.923. The van der Waals surface area contributed by atoms with Crippen LogP contribution in [0.25, 0.3) is 0 Å². The molecule has 11 heteroatoms. The number of ether oxygens (including phenoxy) is 1. The number of unbranched alkanes of at least 4 members (excludes halogenated alkanes) is 1. The summed E-state index contributed by atoms with van der Waals surface area (Å²) < 4.78 is 87.5. The Kier molecular flexibility index (Phi) is 9.74. The molecule has 0 atom stereocenters. The van der Waals surface area contributed by atoms with Crippen LogP contribution in [-0.4, -0.2) is 36.7 Å². The summed E-state index contributed by atoms with van der Waals surface area (Å²) in [4.78, 5) is 11.6. The Morgan fingerprint density at radius 3 is 2.12 bits per heavy atom. The predicted molar refractivity (Wildman–Crippen MR) is 71.0 cm³/mol. The molecular weight excluding hydrogens is 367 g/mol. The van der Waals surface area contributed by atoms with Crippen molar-refractivity contribution in [3.8, 4) is 0 Å². The van der Waals surface area contributed by atoms with Crippen LogP contribution in [0.5, 0.6) is 0 Å². The summed E-state index contributed by atoms with van der Waals surface area (Å²) in [6, 6.07) is 0. The fourth-order valence-corrected chi connectivity index (χ4v) is 2.87. The molecular formula is C13H19F4NaO5S. The third-order valence-electron chi connectivity index (χ3n) is 3.81. The van der Waals surface area contributed by atoms with Gasteiger partial charge in [0.25, 0.3) is 0 Å². The molecule has 0 radical (unpaired) electrons. The van der Waals surface area contributed by atoms with Gasteiger partial charge < -0.3 is 9.29 Å². The predicted octanol–water partition coefficient (Wildman–Crippen LogP) is 0.0575. The van der Waals surface area contributed by atoms with Gasteiger partial charge >= 0.3 is 46.7 Å². The van der Waals surface area contributed by atoms with Gasteiger partial charge in [0.15, 0.2) is 10.1 Å². The third-order valence-corrected chi connectivity index (χ3v) is 4.73. The van der Waals surface area contributed by atoms with E-state index < -0.39 is 40.1 Å². The summed E-state index contributed by atoms with van der Waals surface area (Å²) in [6.45, 7) is -0.207. The molecule has 1 fully saturated rings. The third kappa shape index (κ3) is 6.44. The van der Waals surface area contributed by atoms with Crippen molar-refractivity contribution >= 4 is 16.1 Å². The van der Waals surface area contributed by atoms with Crippen LogP contribution in [0.2, 0.25) is 0 Å². The van der Waals surface area contributed by atoms with Crippen LogP contribution in [0.3, 0.4) is 0 Å². The Morgan fingerprint density at radius 1 is 1.08 bits per heavy atom. The van der Waals surface area contributed by atoms with Crippen molar-refractivity contribution in [3.63, 3.8) is 0 Å². The summed E-state index contributed by atoms with van der Waals surface area (Å²) in [6.07, 6.45) is 2.21. The van der Waals surface area contributed by atoms with Crippen molar-refractivity contribution in [1.29, 1.82) is 0 Å². The largest absolute Gasteiger partial charge is 1.00 e. The van der Waals surface area contributed by atoms with Gasteiger partial charge in [-0.1, -0.05) is 19.3 Å². The molecule has 0 aromatic carbocycles. The van der Waals surface area contributed by atoms with E-state index in [1.807, 2.05) is 0 Å². The number of rotatable bonds is 8. The van der Waals surface area contributed by atoms with Crippen molar-refractivity contribution in [3.05, 3.63) is 0 Å². The van der Waals surface area contributed by atoms with Gasteiger partial charge in [-0.15, -0.1) is 0 Å². The van der Waals surface area contributed by atoms with E-state index >= 15 is 0 Å². The molecule has 0 aromatic rings. The zero-order chi connectivity index (χ0) is 17.7. The molecule has 1 rings (SSSR count). The van der Waals surface area contributed by atoms with Gasteiger partial charge in [0, 0.05) is 6.42 Å². The summed E-state index contributed by atoms with van der Waals surface area (Å²) in [7, 11) is -6.45. The second kappa shape index (κ2) is 9.70. The molecule has 0 heterocycles. The second-order valence-corrected chi connectivity index (χ2v) is 7.06. The maximum absolute atomic E-state index is 13.1. The maximum atomic E-state index is 13.1. The van der Waals surface area contributed by atoms with Crippen LogP contribution < -0.4 is 29.6 Å². The molecule has 24 heavy (non-hydrogen) atoms. The van der Waals surface area contributed by atoms with Crippen molar-refractivity contribution in [2.45, 2.75) is 62.5 Å². The first kappa shape index (κ1) is 24.1. The molecule has 0 bridgehead atoms. The molecule has 0 aliphatic heterocycles. The summed E-state index contributed by atoms with van der Waals surface area (Å²) in [5, 5.41) is -5.65. The minimum atomic E-state index is -6.45. The van der Waals surface area contributed by atoms with Crippen molar-refractivity contribution in [2.24, 2.45) is 5.92 Å². The van der Waals surface area contributed by atoms with Gasteiger partial charge in [-0.3, -0.25) is 4.79 Å². The Balaban J connectivity index is 0.00000529. The van der Waals surface area contributed by atoms with E-state index in [4.69, 9.17) is 4.74 Å². The molecule has 0 amide bonds. The number of alkyl halides is 4. The molecule has 0 spiro atoms. The van der Waals surface area contributed by atoms with E-state index in [0.717, 1.165) is 19.3 Å². The van der Waals surface area contributed by atoms with Gasteiger partial charge in [-0.2, -0.15) is 17.6 Å². The number of carbonyl (C=O) groups is 1. The smallest absolute Gasteiger partial charge is 0.743 e. The van der Waals surface area contributed by atoms with E-state index in [1.54, 1.807) is 0 Å². The molecule has 0 saturated heterocycles. The van der Waals surface area contributed by atoms with Gasteiger partial charge in [0.2, 0.25) is 0 Å². The summed E-state index contributed by atoms with van der Waals surface area (Å²) in [5.41, 5.74) is 0. The van der Waals surface area contributed by atoms with Gasteiger partial charge in [0.05, 0.1) is 12.5 Å². The number of hydrogen-bond donors (Lipinski definition) is 0. The van der Waals surface area contributed by atoms with Gasteiger partial charge in [0.1, 0.15) is 0 Å². The van der Waals surface area contributed by atoms with Crippen LogP contribution in [0.4, 0.5) is 17.6 Å². The molecule has 0 N–H and O–H groups in total. The minimum Gasteiger partial charge on any atom is -0.743 e. The van der Waals surface area contributed by atoms with Crippen LogP contribution in [-0.2, 0) is 19.6 Å². The van der Waals surface area contributed by atoms with Crippen molar-refractivity contribution in [1.82, 2.24) is 0 Å². The number of halogens is 4. The zero-order valence-electron chi connectivity index (χ0n) is 13.4. The van der Waals surface area contributed by atoms with E-state index in [9.17, 15) is 35.3 Å². The standard InChI is InChI=1S/C13H20F4O5S.Na/c14-12(15,13(16,17)23(19,20)21)8-4-5-9-22-11(18)10-6-2-1-3-7-10;/h10H,1-9H2,(H,19,20,21);/q;+1/p-1. The quantitative estimate of drug-likeness (QED) is 0.194. The SMILES string of the molecule is O=C(OCCCCC(F)(F)C(F)(F)S(=O)(=O)[O-])C1CCCCC1.[Na+]. The van der Waals surface area contributed by atoms with Gasteiger partial charge in [-0.05, 0) is 25.7 Å². The topological polar surface area (TPSA) is 83.5 Å². The first-order valence-electron chi connectivity index (χ1n) is 7.37. The number of carbonyl (C=O) groups excluding carboxylic acids is 1. The summed E-state index contributed by atoms with van der Waals surface area (Å²) in [5.74, 6) is -5.59. The monoisotopic (exact) mass is 386 g/mol. The van der Waals surface area contributed by atoms with Crippen LogP contribution in [0.15, 0.2) is 0 Å². The molecule has 0 aromatic heterocycles. The average Bonchev–Trinajstić information content (AvgIpc) is 2.46. The van der Waals surface area contributed by atoms with Crippen molar-refractivity contribution in [2.75, 3.05) is 6.61 Å². The fourth-order valence-electron chi connectivity index (χ4n) is 2.41. The Labute approximate surface area is 160 Å². The minimum absolute atomic E-state index is 0. The van der Waals surface area contributed by atoms with Crippen molar-refractivity contribution < 1.29 is 69.6 Å². The Bertz CT molecular complexity index is 506. The Hall–Kier alpha value is 0.1000. The van der Waals surface area contributed by atoms with E-state index in [-0.39, 0.29) is 48.5 Å². The van der Waals surface area contributed by atoms with Gasteiger partial charge in [-0.25, -0.2) is 8.42 Å². The zero-order valence-corrected chi connectivity index (χ0v) is 16.2. The van der Waals surface area contributed by atoms with Crippen LogP contribution in [0.1, 0.15) is 51.4 Å². The first-order valence-corrected chi connectivity index (χ1v) is 8.77. The van der Waals surface area contributed by atoms with E-state index in [1.165, 1.54) is 0 Å². The van der Waals surface area contributed by atoms with Crippen LogP contribution >= 0.6 is 0 Å². The first-order chi connectivity index (χ1) is 10.5. The maximum Gasteiger partial charge on any atom is 1.00 e. The average molecular weight is 386 g/mol.